The molecule has 0 saturated carbocycles. The Kier molecular flexibility index (Phi) is 6.75. The van der Waals surface area contributed by atoms with Gasteiger partial charge in [0.25, 0.3) is 0 Å². The molecule has 0 heterocycles. The van der Waals surface area contributed by atoms with Gasteiger partial charge < -0.3 is 5.32 Å². The van der Waals surface area contributed by atoms with Gasteiger partial charge in [0.15, 0.2) is 0 Å². The largest absolute Gasteiger partial charge is 0.314 e. The second kappa shape index (κ2) is 8.84. The summed E-state index contributed by atoms with van der Waals surface area (Å²) in [5.74, 6) is 0. The first kappa shape index (κ1) is 16.0. The van der Waals surface area contributed by atoms with Crippen LogP contribution in [0.3, 0.4) is 0 Å². The van der Waals surface area contributed by atoms with Crippen LogP contribution in [0.15, 0.2) is 42.5 Å². The summed E-state index contributed by atoms with van der Waals surface area (Å²) in [6.45, 7) is 5.54. The van der Waals surface area contributed by atoms with Crippen LogP contribution in [0.2, 0.25) is 0 Å². The molecule has 1 unspecified atom stereocenters. The van der Waals surface area contributed by atoms with Crippen molar-refractivity contribution in [1.82, 2.24) is 5.32 Å². The molecule has 2 rings (SSSR count). The van der Waals surface area contributed by atoms with Crippen LogP contribution >= 0.6 is 0 Å². The van der Waals surface area contributed by atoms with Gasteiger partial charge in [0.05, 0.1) is 0 Å². The lowest BCUT2D eigenvalue weighted by molar-refractivity contribution is 0.463. The van der Waals surface area contributed by atoms with E-state index in [1.165, 1.54) is 48.4 Å². The van der Waals surface area contributed by atoms with E-state index in [4.69, 9.17) is 0 Å². The normalized spacial score (nSPS) is 12.7. The maximum absolute atomic E-state index is 3.66. The first-order chi connectivity index (χ1) is 10.3. The summed E-state index contributed by atoms with van der Waals surface area (Å²) >= 11 is 0. The lowest BCUT2D eigenvalue weighted by atomic mass is 9.98. The highest BCUT2D eigenvalue weighted by Crippen LogP contribution is 2.18. The molecule has 1 atom stereocenters. The van der Waals surface area contributed by atoms with Crippen LogP contribution in [-0.2, 0) is 6.42 Å². The Hall–Kier alpha value is -1.34. The number of hydrogen-bond acceptors (Lipinski definition) is 1. The summed E-state index contributed by atoms with van der Waals surface area (Å²) in [5, 5.41) is 6.35. The molecule has 0 aromatic heterocycles. The number of likely N-dealkylation sites (N-methyl/N-ethyl adjacent to an activating group) is 1. The van der Waals surface area contributed by atoms with E-state index in [1.807, 2.05) is 0 Å². The van der Waals surface area contributed by atoms with Crippen LogP contribution in [0.1, 0.15) is 51.5 Å². The average molecular weight is 283 g/mol. The SMILES string of the molecule is CCCCCCC(Cc1ccc2ccccc2c1)NCC. The second-order valence-electron chi connectivity index (χ2n) is 5.99. The lowest BCUT2D eigenvalue weighted by Crippen LogP contribution is -2.30. The standard InChI is InChI=1S/C20H29N/c1-3-5-6-7-12-20(21-4-2)16-17-13-14-18-10-8-9-11-19(18)15-17/h8-11,13-15,20-21H,3-7,12,16H2,1-2H3. The van der Waals surface area contributed by atoms with Crippen LogP contribution in [0.5, 0.6) is 0 Å². The molecule has 21 heavy (non-hydrogen) atoms. The van der Waals surface area contributed by atoms with Gasteiger partial charge in [-0.25, -0.2) is 0 Å². The summed E-state index contributed by atoms with van der Waals surface area (Å²) in [4.78, 5) is 0. The van der Waals surface area contributed by atoms with Gasteiger partial charge in [-0.15, -0.1) is 0 Å². The Morgan fingerprint density at radius 2 is 1.71 bits per heavy atom. The van der Waals surface area contributed by atoms with E-state index in [9.17, 15) is 0 Å². The van der Waals surface area contributed by atoms with Gasteiger partial charge in [0.1, 0.15) is 0 Å². The van der Waals surface area contributed by atoms with E-state index in [2.05, 4.69) is 61.6 Å². The monoisotopic (exact) mass is 283 g/mol. The molecule has 1 nitrogen and oxygen atoms in total. The Balaban J connectivity index is 1.96. The molecule has 2 aromatic carbocycles. The summed E-state index contributed by atoms with van der Waals surface area (Å²) in [5.41, 5.74) is 1.45. The van der Waals surface area contributed by atoms with Crippen LogP contribution in [-0.4, -0.2) is 12.6 Å². The Labute approximate surface area is 129 Å². The quantitative estimate of drug-likeness (QED) is 0.613. The highest BCUT2D eigenvalue weighted by atomic mass is 14.9. The van der Waals surface area contributed by atoms with E-state index < -0.39 is 0 Å². The summed E-state index contributed by atoms with van der Waals surface area (Å²) in [7, 11) is 0. The summed E-state index contributed by atoms with van der Waals surface area (Å²) in [6, 6.07) is 16.1. The highest BCUT2D eigenvalue weighted by molar-refractivity contribution is 5.82. The minimum absolute atomic E-state index is 0.619. The maximum Gasteiger partial charge on any atom is 0.0107 e. The molecule has 1 heteroatoms. The van der Waals surface area contributed by atoms with Crippen molar-refractivity contribution < 1.29 is 0 Å². The van der Waals surface area contributed by atoms with Crippen molar-refractivity contribution in [3.63, 3.8) is 0 Å². The molecular formula is C20H29N. The molecule has 0 aliphatic carbocycles. The van der Waals surface area contributed by atoms with E-state index >= 15 is 0 Å². The smallest absolute Gasteiger partial charge is 0.0107 e. The predicted molar refractivity (Wildman–Crippen MR) is 93.9 cm³/mol. The summed E-state index contributed by atoms with van der Waals surface area (Å²) in [6.07, 6.45) is 7.84. The van der Waals surface area contributed by atoms with Crippen molar-refractivity contribution in [3.05, 3.63) is 48.0 Å². The van der Waals surface area contributed by atoms with Gasteiger partial charge in [0, 0.05) is 6.04 Å². The van der Waals surface area contributed by atoms with Gasteiger partial charge >= 0.3 is 0 Å². The lowest BCUT2D eigenvalue weighted by Gasteiger charge is -2.18. The third-order valence-electron chi connectivity index (χ3n) is 4.19. The molecule has 114 valence electrons. The fourth-order valence-electron chi connectivity index (χ4n) is 3.03. The zero-order chi connectivity index (χ0) is 14.9. The predicted octanol–water partition coefficient (Wildman–Crippen LogP) is 5.33. The second-order valence-corrected chi connectivity index (χ2v) is 5.99. The molecule has 0 aliphatic rings. The van der Waals surface area contributed by atoms with E-state index in [0.717, 1.165) is 13.0 Å². The van der Waals surface area contributed by atoms with Crippen molar-refractivity contribution in [2.24, 2.45) is 0 Å². The minimum atomic E-state index is 0.619. The van der Waals surface area contributed by atoms with Gasteiger partial charge in [-0.3, -0.25) is 0 Å². The number of unbranched alkanes of at least 4 members (excludes halogenated alkanes) is 3. The molecular weight excluding hydrogens is 254 g/mol. The molecule has 0 aliphatic heterocycles. The number of nitrogens with one attached hydrogen (secondary N) is 1. The third-order valence-corrected chi connectivity index (χ3v) is 4.19. The fraction of sp³-hybridized carbons (Fsp3) is 0.500. The molecule has 0 saturated heterocycles. The number of fused-ring (bicyclic) bond motifs is 1. The van der Waals surface area contributed by atoms with Crippen molar-refractivity contribution in [2.75, 3.05) is 6.54 Å². The van der Waals surface area contributed by atoms with Crippen LogP contribution < -0.4 is 5.32 Å². The van der Waals surface area contributed by atoms with Crippen molar-refractivity contribution in [3.8, 4) is 0 Å². The van der Waals surface area contributed by atoms with Crippen LogP contribution in [0, 0.1) is 0 Å². The van der Waals surface area contributed by atoms with Crippen molar-refractivity contribution in [1.29, 1.82) is 0 Å². The average Bonchev–Trinajstić information content (AvgIpc) is 2.51. The molecule has 0 spiro atoms. The molecule has 0 fully saturated rings. The number of hydrogen-bond donors (Lipinski definition) is 1. The van der Waals surface area contributed by atoms with Gasteiger partial charge in [-0.05, 0) is 35.7 Å². The first-order valence-corrected chi connectivity index (χ1v) is 8.54. The zero-order valence-corrected chi connectivity index (χ0v) is 13.6. The Morgan fingerprint density at radius 1 is 0.905 bits per heavy atom. The minimum Gasteiger partial charge on any atom is -0.314 e. The first-order valence-electron chi connectivity index (χ1n) is 8.54. The van der Waals surface area contributed by atoms with Gasteiger partial charge in [0.2, 0.25) is 0 Å². The van der Waals surface area contributed by atoms with E-state index in [-0.39, 0.29) is 0 Å². The van der Waals surface area contributed by atoms with Crippen LogP contribution in [0.25, 0.3) is 10.8 Å². The number of benzene rings is 2. The highest BCUT2D eigenvalue weighted by Gasteiger charge is 2.08. The molecule has 1 N–H and O–H groups in total. The molecule has 0 amide bonds. The topological polar surface area (TPSA) is 12.0 Å². The van der Waals surface area contributed by atoms with Gasteiger partial charge in [-0.2, -0.15) is 0 Å². The van der Waals surface area contributed by atoms with E-state index in [0.29, 0.717) is 6.04 Å². The van der Waals surface area contributed by atoms with Crippen molar-refractivity contribution in [2.45, 2.75) is 58.4 Å². The Morgan fingerprint density at radius 3 is 2.48 bits per heavy atom. The molecule has 0 radical (unpaired) electrons. The fourth-order valence-corrected chi connectivity index (χ4v) is 3.03. The van der Waals surface area contributed by atoms with E-state index in [1.54, 1.807) is 0 Å². The zero-order valence-electron chi connectivity index (χ0n) is 13.6. The maximum atomic E-state index is 3.66. The van der Waals surface area contributed by atoms with Gasteiger partial charge in [-0.1, -0.05) is 82.0 Å². The third kappa shape index (κ3) is 5.17. The molecule has 2 aromatic rings. The summed E-state index contributed by atoms with van der Waals surface area (Å²) < 4.78 is 0. The molecule has 0 bridgehead atoms. The Bertz CT molecular complexity index is 532. The van der Waals surface area contributed by atoms with Crippen LogP contribution in [0.4, 0.5) is 0 Å². The number of rotatable bonds is 9. The van der Waals surface area contributed by atoms with Crippen molar-refractivity contribution >= 4 is 10.8 Å².